The second-order valence-electron chi connectivity index (χ2n) is 6.79. The maximum absolute atomic E-state index is 10.7. The van der Waals surface area contributed by atoms with Gasteiger partial charge in [0.2, 0.25) is 0 Å². The summed E-state index contributed by atoms with van der Waals surface area (Å²) >= 11 is 0. The van der Waals surface area contributed by atoms with Gasteiger partial charge < -0.3 is 19.7 Å². The molecule has 130 valence electrons. The zero-order valence-corrected chi connectivity index (χ0v) is 14.9. The molecule has 1 aromatic rings. The van der Waals surface area contributed by atoms with E-state index in [-0.39, 0.29) is 12.0 Å². The fourth-order valence-electron chi connectivity index (χ4n) is 3.57. The standard InChI is InChI=1S/C19H30O4/c1-5-22-8-7-14-13(3)18(21)16-10-19(4,12-20)9-15(16)17(14)11-23-6-2/h20-21H,5-12H2,1-4H3/t19-/m1/s1. The number of hydrogen-bond donors (Lipinski definition) is 2. The van der Waals surface area contributed by atoms with Gasteiger partial charge in [0.25, 0.3) is 0 Å². The predicted molar refractivity (Wildman–Crippen MR) is 91.0 cm³/mol. The molecular weight excluding hydrogens is 292 g/mol. The largest absolute Gasteiger partial charge is 0.507 e. The van der Waals surface area contributed by atoms with Gasteiger partial charge in [0.15, 0.2) is 0 Å². The van der Waals surface area contributed by atoms with Gasteiger partial charge in [-0.1, -0.05) is 6.92 Å². The summed E-state index contributed by atoms with van der Waals surface area (Å²) in [7, 11) is 0. The number of ether oxygens (including phenoxy) is 2. The number of hydrogen-bond acceptors (Lipinski definition) is 4. The van der Waals surface area contributed by atoms with Gasteiger partial charge in [0.1, 0.15) is 5.75 Å². The lowest BCUT2D eigenvalue weighted by molar-refractivity contribution is 0.129. The topological polar surface area (TPSA) is 58.9 Å². The van der Waals surface area contributed by atoms with Crippen LogP contribution in [0.2, 0.25) is 0 Å². The number of aromatic hydroxyl groups is 1. The van der Waals surface area contributed by atoms with Crippen LogP contribution >= 0.6 is 0 Å². The number of rotatable bonds is 8. The Morgan fingerprint density at radius 2 is 1.70 bits per heavy atom. The third kappa shape index (κ3) is 3.70. The molecule has 1 atom stereocenters. The van der Waals surface area contributed by atoms with E-state index < -0.39 is 0 Å². The SMILES string of the molecule is CCOCCc1c(C)c(O)c2c(c1COCC)C[C@@](C)(CO)C2. The van der Waals surface area contributed by atoms with Gasteiger partial charge in [0.05, 0.1) is 13.2 Å². The molecule has 1 aliphatic rings. The first kappa shape index (κ1) is 18.2. The summed E-state index contributed by atoms with van der Waals surface area (Å²) in [5.74, 6) is 0.393. The summed E-state index contributed by atoms with van der Waals surface area (Å²) in [6.45, 7) is 10.7. The lowest BCUT2D eigenvalue weighted by Gasteiger charge is -2.20. The van der Waals surface area contributed by atoms with Crippen LogP contribution in [0.4, 0.5) is 0 Å². The molecule has 0 unspecified atom stereocenters. The maximum atomic E-state index is 10.7. The number of aliphatic hydroxyl groups excluding tert-OH is 1. The molecule has 0 spiro atoms. The molecule has 0 radical (unpaired) electrons. The lowest BCUT2D eigenvalue weighted by atomic mass is 9.88. The van der Waals surface area contributed by atoms with Gasteiger partial charge in [-0.15, -0.1) is 0 Å². The first-order valence-corrected chi connectivity index (χ1v) is 8.58. The van der Waals surface area contributed by atoms with Crippen molar-refractivity contribution in [3.63, 3.8) is 0 Å². The Morgan fingerprint density at radius 3 is 2.30 bits per heavy atom. The van der Waals surface area contributed by atoms with E-state index >= 15 is 0 Å². The van der Waals surface area contributed by atoms with Crippen molar-refractivity contribution in [1.82, 2.24) is 0 Å². The highest BCUT2D eigenvalue weighted by molar-refractivity contribution is 5.57. The van der Waals surface area contributed by atoms with Crippen LogP contribution in [0.3, 0.4) is 0 Å². The predicted octanol–water partition coefficient (Wildman–Crippen LogP) is 2.91. The molecule has 1 aromatic carbocycles. The van der Waals surface area contributed by atoms with Gasteiger partial charge in [-0.2, -0.15) is 0 Å². The maximum Gasteiger partial charge on any atom is 0.122 e. The number of benzene rings is 1. The minimum absolute atomic E-state index is 0.128. The molecule has 0 saturated heterocycles. The molecule has 0 amide bonds. The van der Waals surface area contributed by atoms with E-state index in [1.165, 1.54) is 11.1 Å². The second kappa shape index (κ2) is 7.65. The third-order valence-electron chi connectivity index (χ3n) is 4.93. The molecule has 0 fully saturated rings. The van der Waals surface area contributed by atoms with Crippen molar-refractivity contribution in [1.29, 1.82) is 0 Å². The average Bonchev–Trinajstić information content (AvgIpc) is 2.90. The smallest absolute Gasteiger partial charge is 0.122 e. The van der Waals surface area contributed by atoms with Crippen LogP contribution in [0, 0.1) is 12.3 Å². The van der Waals surface area contributed by atoms with Gasteiger partial charge in [-0.3, -0.25) is 0 Å². The first-order chi connectivity index (χ1) is 11.0. The second-order valence-corrected chi connectivity index (χ2v) is 6.79. The fourth-order valence-corrected chi connectivity index (χ4v) is 3.57. The molecule has 0 aliphatic heterocycles. The molecule has 4 heteroatoms. The van der Waals surface area contributed by atoms with Crippen molar-refractivity contribution >= 4 is 0 Å². The van der Waals surface area contributed by atoms with Crippen molar-refractivity contribution in [3.05, 3.63) is 27.8 Å². The van der Waals surface area contributed by atoms with Gasteiger partial charge in [-0.05, 0) is 73.3 Å². The summed E-state index contributed by atoms with van der Waals surface area (Å²) in [6.07, 6.45) is 2.28. The summed E-state index contributed by atoms with van der Waals surface area (Å²) < 4.78 is 11.2. The highest BCUT2D eigenvalue weighted by atomic mass is 16.5. The zero-order valence-electron chi connectivity index (χ0n) is 14.9. The van der Waals surface area contributed by atoms with Crippen LogP contribution in [-0.4, -0.2) is 36.6 Å². The molecule has 0 bridgehead atoms. The highest BCUT2D eigenvalue weighted by Crippen LogP contribution is 2.45. The molecule has 23 heavy (non-hydrogen) atoms. The normalized spacial score (nSPS) is 20.0. The number of aliphatic hydroxyl groups is 1. The van der Waals surface area contributed by atoms with E-state index in [2.05, 4.69) is 6.92 Å². The van der Waals surface area contributed by atoms with Crippen molar-refractivity contribution in [2.45, 2.75) is 53.6 Å². The van der Waals surface area contributed by atoms with E-state index in [9.17, 15) is 10.2 Å². The summed E-state index contributed by atoms with van der Waals surface area (Å²) in [6, 6.07) is 0. The molecular formula is C19H30O4. The monoisotopic (exact) mass is 322 g/mol. The van der Waals surface area contributed by atoms with E-state index in [1.807, 2.05) is 20.8 Å². The summed E-state index contributed by atoms with van der Waals surface area (Å²) in [4.78, 5) is 0. The van der Waals surface area contributed by atoms with Crippen molar-refractivity contribution in [2.75, 3.05) is 26.4 Å². The Labute approximate surface area is 139 Å². The summed E-state index contributed by atoms with van der Waals surface area (Å²) in [5.41, 5.74) is 5.24. The number of phenolic OH excluding ortho intramolecular Hbond substituents is 1. The van der Waals surface area contributed by atoms with Crippen molar-refractivity contribution < 1.29 is 19.7 Å². The molecule has 0 saturated carbocycles. The van der Waals surface area contributed by atoms with Gasteiger partial charge in [0, 0.05) is 19.8 Å². The Balaban J connectivity index is 2.46. The molecule has 2 N–H and O–H groups in total. The molecule has 0 aromatic heterocycles. The Kier molecular flexibility index (Phi) is 6.06. The quantitative estimate of drug-likeness (QED) is 0.723. The summed E-state index contributed by atoms with van der Waals surface area (Å²) in [5, 5.41) is 20.4. The number of phenols is 1. The minimum atomic E-state index is -0.189. The van der Waals surface area contributed by atoms with Crippen LogP contribution in [0.1, 0.15) is 48.6 Å². The lowest BCUT2D eigenvalue weighted by Crippen LogP contribution is -2.21. The van der Waals surface area contributed by atoms with Gasteiger partial charge in [-0.25, -0.2) is 0 Å². The van der Waals surface area contributed by atoms with Crippen LogP contribution in [0.5, 0.6) is 5.75 Å². The van der Waals surface area contributed by atoms with Crippen LogP contribution in [0.25, 0.3) is 0 Å². The van der Waals surface area contributed by atoms with E-state index in [0.29, 0.717) is 32.2 Å². The van der Waals surface area contributed by atoms with Crippen LogP contribution < -0.4 is 0 Å². The molecule has 0 heterocycles. The van der Waals surface area contributed by atoms with E-state index in [1.54, 1.807) is 0 Å². The zero-order chi connectivity index (χ0) is 17.0. The average molecular weight is 322 g/mol. The number of fused-ring (bicyclic) bond motifs is 1. The van der Waals surface area contributed by atoms with Crippen molar-refractivity contribution in [2.24, 2.45) is 5.41 Å². The van der Waals surface area contributed by atoms with Gasteiger partial charge >= 0.3 is 0 Å². The first-order valence-electron chi connectivity index (χ1n) is 8.58. The Bertz CT molecular complexity index is 553. The fraction of sp³-hybridized carbons (Fsp3) is 0.684. The molecule has 2 rings (SSSR count). The Morgan fingerprint density at radius 1 is 1.04 bits per heavy atom. The highest BCUT2D eigenvalue weighted by Gasteiger charge is 2.37. The minimum Gasteiger partial charge on any atom is -0.507 e. The third-order valence-corrected chi connectivity index (χ3v) is 4.93. The van der Waals surface area contributed by atoms with Crippen molar-refractivity contribution in [3.8, 4) is 5.75 Å². The Hall–Kier alpha value is -1.10. The van der Waals surface area contributed by atoms with E-state index in [0.717, 1.165) is 36.0 Å². The van der Waals surface area contributed by atoms with Crippen LogP contribution in [-0.2, 0) is 35.3 Å². The molecule has 4 nitrogen and oxygen atoms in total. The van der Waals surface area contributed by atoms with E-state index in [4.69, 9.17) is 9.47 Å². The van der Waals surface area contributed by atoms with Crippen LogP contribution in [0.15, 0.2) is 0 Å². The molecule has 1 aliphatic carbocycles.